The number of thiophene rings is 1. The number of H-pyrrole nitrogens is 1. The van der Waals surface area contributed by atoms with Gasteiger partial charge in [0.1, 0.15) is 4.83 Å². The molecule has 0 aliphatic heterocycles. The number of nitrogens with zero attached hydrogens (tertiary/aromatic N) is 1. The number of esters is 1. The molecule has 0 spiro atoms. The highest BCUT2D eigenvalue weighted by atomic mass is 32.1. The summed E-state index contributed by atoms with van der Waals surface area (Å²) in [6.07, 6.45) is 0.690. The van der Waals surface area contributed by atoms with Crippen LogP contribution in [0, 0.1) is 4.77 Å². The van der Waals surface area contributed by atoms with Crippen LogP contribution in [-0.2, 0) is 17.7 Å². The number of carbonyl (C=O) groups excluding carboxylic acids is 1. The predicted molar refractivity (Wildman–Crippen MR) is 107 cm³/mol. The minimum Gasteiger partial charge on any atom is -0.459 e. The molecule has 0 aliphatic carbocycles. The number of hydrogen-bond donors (Lipinski definition) is 1. The Kier molecular flexibility index (Phi) is 5.38. The van der Waals surface area contributed by atoms with E-state index in [1.165, 1.54) is 4.57 Å². The molecule has 136 valence electrons. The maximum absolute atomic E-state index is 12.8. The van der Waals surface area contributed by atoms with Crippen molar-refractivity contribution in [2.24, 2.45) is 0 Å². The summed E-state index contributed by atoms with van der Waals surface area (Å²) in [6, 6.07) is 9.00. The van der Waals surface area contributed by atoms with Gasteiger partial charge in [-0.2, -0.15) is 0 Å². The highest BCUT2D eigenvalue weighted by Gasteiger charge is 2.12. The highest BCUT2D eigenvalue weighted by Crippen LogP contribution is 2.21. The van der Waals surface area contributed by atoms with Gasteiger partial charge >= 0.3 is 5.97 Å². The summed E-state index contributed by atoms with van der Waals surface area (Å²) in [5, 5.41) is 0.649. The third kappa shape index (κ3) is 3.78. The SMILES string of the molecule is CCc1cc2c(=O)n(Cc3cccc(C(=O)OC(C)C)c3)c(=S)[nH]c2s1. The maximum Gasteiger partial charge on any atom is 0.338 e. The van der Waals surface area contributed by atoms with Crippen molar-refractivity contribution in [2.75, 3.05) is 0 Å². The lowest BCUT2D eigenvalue weighted by atomic mass is 10.1. The third-order valence-corrected chi connectivity index (χ3v) is 5.44. The highest BCUT2D eigenvalue weighted by molar-refractivity contribution is 7.71. The molecule has 0 saturated heterocycles. The van der Waals surface area contributed by atoms with Crippen LogP contribution in [0.4, 0.5) is 0 Å². The molecule has 5 nitrogen and oxygen atoms in total. The number of fused-ring (bicyclic) bond motifs is 1. The van der Waals surface area contributed by atoms with Crippen LogP contribution >= 0.6 is 23.6 Å². The average molecular weight is 389 g/mol. The van der Waals surface area contributed by atoms with Crippen molar-refractivity contribution in [2.45, 2.75) is 39.8 Å². The Morgan fingerprint density at radius 3 is 2.81 bits per heavy atom. The molecule has 1 aromatic carbocycles. The molecule has 0 bridgehead atoms. The van der Waals surface area contributed by atoms with Crippen molar-refractivity contribution in [3.8, 4) is 0 Å². The van der Waals surface area contributed by atoms with Crippen LogP contribution in [0.25, 0.3) is 10.2 Å². The summed E-state index contributed by atoms with van der Waals surface area (Å²) < 4.78 is 7.13. The molecule has 0 radical (unpaired) electrons. The smallest absolute Gasteiger partial charge is 0.338 e. The van der Waals surface area contributed by atoms with Gasteiger partial charge in [-0.25, -0.2) is 4.79 Å². The molecule has 0 saturated carbocycles. The van der Waals surface area contributed by atoms with Gasteiger partial charge in [0, 0.05) is 4.88 Å². The van der Waals surface area contributed by atoms with Gasteiger partial charge in [0.2, 0.25) is 0 Å². The fourth-order valence-corrected chi connectivity index (χ4v) is 3.98. The Bertz CT molecular complexity index is 1080. The van der Waals surface area contributed by atoms with Crippen LogP contribution in [0.3, 0.4) is 0 Å². The van der Waals surface area contributed by atoms with Gasteiger partial charge in [0.25, 0.3) is 5.56 Å². The molecule has 0 atom stereocenters. The summed E-state index contributed by atoms with van der Waals surface area (Å²) in [5.74, 6) is -0.375. The molecule has 0 amide bonds. The minimum absolute atomic E-state index is 0.116. The minimum atomic E-state index is -0.375. The molecule has 0 aliphatic rings. The van der Waals surface area contributed by atoms with E-state index in [2.05, 4.69) is 11.9 Å². The molecular weight excluding hydrogens is 368 g/mol. The molecule has 2 aromatic heterocycles. The molecule has 0 fully saturated rings. The summed E-state index contributed by atoms with van der Waals surface area (Å²) in [5.41, 5.74) is 1.16. The number of aromatic amines is 1. The van der Waals surface area contributed by atoms with E-state index in [4.69, 9.17) is 17.0 Å². The zero-order valence-corrected chi connectivity index (χ0v) is 16.5. The number of nitrogens with one attached hydrogen (secondary N) is 1. The third-order valence-electron chi connectivity index (χ3n) is 3.92. The zero-order chi connectivity index (χ0) is 18.8. The lowest BCUT2D eigenvalue weighted by Gasteiger charge is -2.10. The van der Waals surface area contributed by atoms with Gasteiger partial charge in [-0.15, -0.1) is 11.3 Å². The van der Waals surface area contributed by atoms with Gasteiger partial charge in [0.15, 0.2) is 4.77 Å². The van der Waals surface area contributed by atoms with Gasteiger partial charge in [-0.1, -0.05) is 19.1 Å². The summed E-state index contributed by atoms with van der Waals surface area (Å²) >= 11 is 6.93. The lowest BCUT2D eigenvalue weighted by Crippen LogP contribution is -2.22. The number of aromatic nitrogens is 2. The second kappa shape index (κ2) is 7.55. The van der Waals surface area contributed by atoms with Crippen LogP contribution in [0.1, 0.15) is 41.6 Å². The number of carbonyl (C=O) groups is 1. The number of rotatable bonds is 5. The molecule has 3 rings (SSSR count). The van der Waals surface area contributed by atoms with Crippen molar-refractivity contribution in [3.05, 3.63) is 61.5 Å². The maximum atomic E-state index is 12.8. The monoisotopic (exact) mass is 388 g/mol. The molecule has 3 aromatic rings. The number of aryl methyl sites for hydroxylation is 1. The van der Waals surface area contributed by atoms with Crippen molar-refractivity contribution in [1.29, 1.82) is 0 Å². The summed E-state index contributed by atoms with van der Waals surface area (Å²) in [7, 11) is 0. The number of hydrogen-bond acceptors (Lipinski definition) is 5. The van der Waals surface area contributed by atoms with E-state index in [9.17, 15) is 9.59 Å². The zero-order valence-electron chi connectivity index (χ0n) is 14.9. The van der Waals surface area contributed by atoms with E-state index in [1.54, 1.807) is 43.4 Å². The van der Waals surface area contributed by atoms with Crippen LogP contribution in [0.15, 0.2) is 35.1 Å². The Balaban J connectivity index is 1.98. The second-order valence-electron chi connectivity index (χ2n) is 6.28. The largest absolute Gasteiger partial charge is 0.459 e. The van der Waals surface area contributed by atoms with Crippen LogP contribution < -0.4 is 5.56 Å². The van der Waals surface area contributed by atoms with E-state index in [0.717, 1.165) is 21.7 Å². The second-order valence-corrected chi connectivity index (χ2v) is 7.81. The number of benzene rings is 1. The first-order valence-corrected chi connectivity index (χ1v) is 9.67. The lowest BCUT2D eigenvalue weighted by molar-refractivity contribution is 0.0378. The predicted octanol–water partition coefficient (Wildman–Crippen LogP) is 4.30. The van der Waals surface area contributed by atoms with Crippen molar-refractivity contribution >= 4 is 39.7 Å². The Morgan fingerprint density at radius 1 is 1.35 bits per heavy atom. The topological polar surface area (TPSA) is 64.1 Å². The molecular formula is C19H20N2O3S2. The van der Waals surface area contributed by atoms with Crippen LogP contribution in [0.2, 0.25) is 0 Å². The van der Waals surface area contributed by atoms with E-state index < -0.39 is 0 Å². The van der Waals surface area contributed by atoms with E-state index in [-0.39, 0.29) is 17.6 Å². The van der Waals surface area contributed by atoms with E-state index in [1.807, 2.05) is 12.1 Å². The van der Waals surface area contributed by atoms with E-state index in [0.29, 0.717) is 22.3 Å². The summed E-state index contributed by atoms with van der Waals surface area (Å²) in [6.45, 7) is 5.96. The Labute approximate surface area is 160 Å². The van der Waals surface area contributed by atoms with Gasteiger partial charge in [-0.3, -0.25) is 9.36 Å². The van der Waals surface area contributed by atoms with Gasteiger partial charge < -0.3 is 9.72 Å². The first kappa shape index (κ1) is 18.5. The molecule has 7 heteroatoms. The van der Waals surface area contributed by atoms with Crippen LogP contribution in [0.5, 0.6) is 0 Å². The fourth-order valence-electron chi connectivity index (χ4n) is 2.68. The Morgan fingerprint density at radius 2 is 2.12 bits per heavy atom. The van der Waals surface area contributed by atoms with Gasteiger partial charge in [-0.05, 0) is 56.2 Å². The average Bonchev–Trinajstić information content (AvgIpc) is 3.01. The van der Waals surface area contributed by atoms with Crippen molar-refractivity contribution in [3.63, 3.8) is 0 Å². The quantitative estimate of drug-likeness (QED) is 0.523. The standard InChI is InChI=1S/C19H20N2O3S2/c1-4-14-9-15-16(26-14)20-19(25)21(17(15)22)10-12-6-5-7-13(8-12)18(23)24-11(2)3/h5-9,11H,4,10H2,1-3H3,(H,20,25). The first-order valence-electron chi connectivity index (χ1n) is 8.44. The van der Waals surface area contributed by atoms with Crippen molar-refractivity contribution < 1.29 is 9.53 Å². The first-order chi connectivity index (χ1) is 12.4. The fraction of sp³-hybridized carbons (Fsp3) is 0.316. The number of ether oxygens (including phenoxy) is 1. The van der Waals surface area contributed by atoms with Gasteiger partial charge in [0.05, 0.1) is 23.6 Å². The Hall–Kier alpha value is -2.25. The molecule has 2 heterocycles. The molecule has 26 heavy (non-hydrogen) atoms. The molecule has 1 N–H and O–H groups in total. The van der Waals surface area contributed by atoms with E-state index >= 15 is 0 Å². The van der Waals surface area contributed by atoms with Crippen molar-refractivity contribution in [1.82, 2.24) is 9.55 Å². The normalized spacial score (nSPS) is 11.2. The molecule has 0 unspecified atom stereocenters. The summed E-state index contributed by atoms with van der Waals surface area (Å²) in [4.78, 5) is 30.0. The van der Waals surface area contributed by atoms with Crippen LogP contribution in [-0.4, -0.2) is 21.6 Å².